The average molecular weight is 428 g/mol. The summed E-state index contributed by atoms with van der Waals surface area (Å²) in [6.07, 6.45) is 0. The summed E-state index contributed by atoms with van der Waals surface area (Å²) in [5, 5.41) is 4.30. The summed E-state index contributed by atoms with van der Waals surface area (Å²) >= 11 is 6.06. The molecule has 0 spiro atoms. The van der Waals surface area contributed by atoms with Crippen molar-refractivity contribution in [1.82, 2.24) is 14.4 Å². The van der Waals surface area contributed by atoms with E-state index in [-0.39, 0.29) is 42.9 Å². The third-order valence-corrected chi connectivity index (χ3v) is 7.11. The highest BCUT2D eigenvalue weighted by atomic mass is 35.5. The number of ether oxygens (including phenoxy) is 1. The number of sulfonamides is 1. The Kier molecular flexibility index (Phi) is 6.39. The van der Waals surface area contributed by atoms with Crippen LogP contribution in [0.4, 0.5) is 0 Å². The van der Waals surface area contributed by atoms with Crippen LogP contribution in [0.15, 0.2) is 33.7 Å². The van der Waals surface area contributed by atoms with Gasteiger partial charge in [0.15, 0.2) is 5.76 Å². The third-order valence-electron chi connectivity index (χ3n) is 4.60. The van der Waals surface area contributed by atoms with Crippen LogP contribution in [0, 0.1) is 13.8 Å². The number of rotatable bonds is 6. The first kappa shape index (κ1) is 20.8. The Labute approximate surface area is 169 Å². The Balaban J connectivity index is 1.52. The first-order valence-corrected chi connectivity index (χ1v) is 10.6. The predicted molar refractivity (Wildman–Crippen MR) is 102 cm³/mol. The van der Waals surface area contributed by atoms with Crippen molar-refractivity contribution in [3.05, 3.63) is 46.3 Å². The van der Waals surface area contributed by atoms with Crippen LogP contribution in [0.2, 0.25) is 5.02 Å². The van der Waals surface area contributed by atoms with Crippen LogP contribution in [0.1, 0.15) is 17.0 Å². The predicted octanol–water partition coefficient (Wildman–Crippen LogP) is 1.99. The van der Waals surface area contributed by atoms with E-state index in [1.165, 1.54) is 4.31 Å². The molecule has 1 saturated heterocycles. The van der Waals surface area contributed by atoms with Crippen molar-refractivity contribution in [2.24, 2.45) is 0 Å². The van der Waals surface area contributed by atoms with E-state index in [2.05, 4.69) is 5.16 Å². The quantitative estimate of drug-likeness (QED) is 0.700. The van der Waals surface area contributed by atoms with Gasteiger partial charge >= 0.3 is 0 Å². The Hall–Kier alpha value is -1.94. The van der Waals surface area contributed by atoms with E-state index in [1.54, 1.807) is 24.8 Å². The second-order valence-electron chi connectivity index (χ2n) is 6.52. The maximum atomic E-state index is 12.8. The molecular formula is C18H22ClN3O5S. The molecule has 0 saturated carbocycles. The maximum absolute atomic E-state index is 12.8. The zero-order valence-corrected chi connectivity index (χ0v) is 17.3. The van der Waals surface area contributed by atoms with Crippen molar-refractivity contribution in [2.45, 2.75) is 25.3 Å². The molecule has 8 nitrogen and oxygen atoms in total. The normalized spacial score (nSPS) is 15.8. The molecular weight excluding hydrogens is 406 g/mol. The fourth-order valence-electron chi connectivity index (χ4n) is 3.10. The fraction of sp³-hybridized carbons (Fsp3) is 0.444. The van der Waals surface area contributed by atoms with Gasteiger partial charge in [0.25, 0.3) is 0 Å². The van der Waals surface area contributed by atoms with E-state index in [1.807, 2.05) is 18.2 Å². The SMILES string of the molecule is Cc1noc(C)c1S(=O)(=O)N1CCN(C(=O)COCc2ccccc2Cl)CC1. The van der Waals surface area contributed by atoms with Crippen LogP contribution < -0.4 is 0 Å². The number of amides is 1. The molecule has 3 rings (SSSR count). The van der Waals surface area contributed by atoms with Gasteiger partial charge in [0.05, 0.1) is 6.61 Å². The lowest BCUT2D eigenvalue weighted by Crippen LogP contribution is -2.51. The van der Waals surface area contributed by atoms with Crippen LogP contribution in [-0.2, 0) is 26.2 Å². The molecule has 2 aromatic rings. The second kappa shape index (κ2) is 8.60. The van der Waals surface area contributed by atoms with E-state index in [0.29, 0.717) is 23.8 Å². The maximum Gasteiger partial charge on any atom is 0.248 e. The topological polar surface area (TPSA) is 93.0 Å². The minimum atomic E-state index is -3.69. The van der Waals surface area contributed by atoms with Gasteiger partial charge in [0.2, 0.25) is 15.9 Å². The number of halogens is 1. The molecule has 0 radical (unpaired) electrons. The van der Waals surface area contributed by atoms with E-state index in [4.69, 9.17) is 20.9 Å². The highest BCUT2D eigenvalue weighted by molar-refractivity contribution is 7.89. The molecule has 1 fully saturated rings. The van der Waals surface area contributed by atoms with E-state index >= 15 is 0 Å². The van der Waals surface area contributed by atoms with Gasteiger partial charge in [-0.05, 0) is 25.5 Å². The number of aromatic nitrogens is 1. The molecule has 0 unspecified atom stereocenters. The summed E-state index contributed by atoms with van der Waals surface area (Å²) in [6, 6.07) is 7.28. The van der Waals surface area contributed by atoms with Gasteiger partial charge in [-0.3, -0.25) is 4.79 Å². The first-order valence-electron chi connectivity index (χ1n) is 8.82. The summed E-state index contributed by atoms with van der Waals surface area (Å²) in [5.41, 5.74) is 1.15. The number of aryl methyl sites for hydroxylation is 2. The van der Waals surface area contributed by atoms with Crippen LogP contribution >= 0.6 is 11.6 Å². The van der Waals surface area contributed by atoms with Crippen molar-refractivity contribution in [2.75, 3.05) is 32.8 Å². The molecule has 1 aromatic heterocycles. The number of hydrogen-bond acceptors (Lipinski definition) is 6. The number of nitrogens with zero attached hydrogens (tertiary/aromatic N) is 3. The summed E-state index contributed by atoms with van der Waals surface area (Å²) in [7, 11) is -3.69. The number of piperazine rings is 1. The largest absolute Gasteiger partial charge is 0.367 e. The van der Waals surface area contributed by atoms with Gasteiger partial charge < -0.3 is 14.2 Å². The van der Waals surface area contributed by atoms with Crippen LogP contribution in [0.5, 0.6) is 0 Å². The van der Waals surface area contributed by atoms with Crippen molar-refractivity contribution >= 4 is 27.5 Å². The Morgan fingerprint density at radius 1 is 1.21 bits per heavy atom. The molecule has 1 aromatic carbocycles. The van der Waals surface area contributed by atoms with Gasteiger partial charge in [-0.2, -0.15) is 4.31 Å². The molecule has 1 aliphatic heterocycles. The smallest absolute Gasteiger partial charge is 0.248 e. The lowest BCUT2D eigenvalue weighted by Gasteiger charge is -2.33. The van der Waals surface area contributed by atoms with Gasteiger partial charge in [-0.25, -0.2) is 8.42 Å². The van der Waals surface area contributed by atoms with Gasteiger partial charge in [-0.1, -0.05) is 35.0 Å². The summed E-state index contributed by atoms with van der Waals surface area (Å²) < 4.78 is 37.4. The zero-order valence-electron chi connectivity index (χ0n) is 15.7. The fourth-order valence-corrected chi connectivity index (χ4v) is 5.01. The number of benzene rings is 1. The van der Waals surface area contributed by atoms with Crippen LogP contribution in [-0.4, -0.2) is 61.5 Å². The van der Waals surface area contributed by atoms with Crippen molar-refractivity contribution < 1.29 is 22.5 Å². The summed E-state index contributed by atoms with van der Waals surface area (Å²) in [4.78, 5) is 14.1. The van der Waals surface area contributed by atoms with Gasteiger partial charge in [0, 0.05) is 31.2 Å². The zero-order chi connectivity index (χ0) is 20.3. The standard InChI is InChI=1S/C18H22ClN3O5S/c1-13-18(14(2)27-20-13)28(24,25)22-9-7-21(8-10-22)17(23)12-26-11-15-5-3-4-6-16(15)19/h3-6H,7-12H2,1-2H3. The minimum absolute atomic E-state index is 0.0815. The Morgan fingerprint density at radius 2 is 1.89 bits per heavy atom. The van der Waals surface area contributed by atoms with Crippen LogP contribution in [0.25, 0.3) is 0 Å². The Morgan fingerprint density at radius 3 is 2.50 bits per heavy atom. The number of carbonyl (C=O) groups is 1. The van der Waals surface area contributed by atoms with Crippen molar-refractivity contribution in [1.29, 1.82) is 0 Å². The molecule has 0 bridgehead atoms. The molecule has 0 N–H and O–H groups in total. The van der Waals surface area contributed by atoms with Crippen LogP contribution in [0.3, 0.4) is 0 Å². The molecule has 10 heteroatoms. The van der Waals surface area contributed by atoms with E-state index in [0.717, 1.165) is 5.56 Å². The number of hydrogen-bond donors (Lipinski definition) is 0. The van der Waals surface area contributed by atoms with Crippen molar-refractivity contribution in [3.8, 4) is 0 Å². The number of carbonyl (C=O) groups excluding carboxylic acids is 1. The highest BCUT2D eigenvalue weighted by Crippen LogP contribution is 2.24. The molecule has 152 valence electrons. The Bertz CT molecular complexity index is 932. The van der Waals surface area contributed by atoms with E-state index < -0.39 is 10.0 Å². The molecule has 2 heterocycles. The third kappa shape index (κ3) is 4.38. The second-order valence-corrected chi connectivity index (χ2v) is 8.80. The van der Waals surface area contributed by atoms with E-state index in [9.17, 15) is 13.2 Å². The molecule has 28 heavy (non-hydrogen) atoms. The van der Waals surface area contributed by atoms with Gasteiger partial charge in [0.1, 0.15) is 17.2 Å². The van der Waals surface area contributed by atoms with Gasteiger partial charge in [-0.15, -0.1) is 0 Å². The van der Waals surface area contributed by atoms with Crippen molar-refractivity contribution in [3.63, 3.8) is 0 Å². The first-order chi connectivity index (χ1) is 13.3. The molecule has 1 aliphatic rings. The average Bonchev–Trinajstić information content (AvgIpc) is 3.02. The molecule has 0 atom stereocenters. The minimum Gasteiger partial charge on any atom is -0.367 e. The summed E-state index contributed by atoms with van der Waals surface area (Å²) in [5.74, 6) is 0.0884. The monoisotopic (exact) mass is 427 g/mol. The lowest BCUT2D eigenvalue weighted by molar-refractivity contribution is -0.137. The molecule has 1 amide bonds. The highest BCUT2D eigenvalue weighted by Gasteiger charge is 2.34. The lowest BCUT2D eigenvalue weighted by atomic mass is 10.2. The summed E-state index contributed by atoms with van der Waals surface area (Å²) in [6.45, 7) is 4.36. The molecule has 0 aliphatic carbocycles.